The van der Waals surface area contributed by atoms with E-state index < -0.39 is 6.10 Å². The molecular weight excluding hydrogens is 436 g/mol. The zero-order valence-corrected chi connectivity index (χ0v) is 18.6. The summed E-state index contributed by atoms with van der Waals surface area (Å²) < 4.78 is 12.6. The maximum absolute atomic E-state index is 12.7. The fourth-order valence-electron chi connectivity index (χ4n) is 3.11. The summed E-state index contributed by atoms with van der Waals surface area (Å²) in [6, 6.07) is 14.3. The van der Waals surface area contributed by atoms with Crippen LogP contribution < -0.4 is 15.0 Å². The molecule has 0 amide bonds. The first-order valence-corrected chi connectivity index (χ1v) is 11.3. The van der Waals surface area contributed by atoms with Gasteiger partial charge in [0.05, 0.1) is 18.9 Å². The van der Waals surface area contributed by atoms with Crippen LogP contribution in [0.5, 0.6) is 11.5 Å². The van der Waals surface area contributed by atoms with Crippen LogP contribution in [0.25, 0.3) is 5.69 Å². The first-order valence-electron chi connectivity index (χ1n) is 9.98. The third-order valence-corrected chi connectivity index (χ3v) is 6.33. The highest BCUT2D eigenvalue weighted by molar-refractivity contribution is 7.98. The van der Waals surface area contributed by atoms with Gasteiger partial charge in [-0.1, -0.05) is 23.7 Å². The SMILES string of the molecule is COc1cc(-n2cnc(SCc3ccc(Cl)cc3)cc2=O)ccc1OCC(O)C1CC1. The van der Waals surface area contributed by atoms with Crippen LogP contribution in [0, 0.1) is 5.92 Å². The first-order chi connectivity index (χ1) is 15.0. The van der Waals surface area contributed by atoms with Crippen LogP contribution in [-0.2, 0) is 5.75 Å². The molecule has 3 aromatic rings. The molecule has 0 aliphatic heterocycles. The summed E-state index contributed by atoms with van der Waals surface area (Å²) in [5.41, 5.74) is 1.54. The van der Waals surface area contributed by atoms with E-state index in [1.165, 1.54) is 28.7 Å². The standard InChI is InChI=1S/C23H23ClN2O4S/c1-29-21-10-18(8-9-20(21)30-12-19(27)16-4-5-16)26-14-25-22(11-23(26)28)31-13-15-2-6-17(24)7-3-15/h2-3,6-11,14,16,19,27H,4-5,12-13H2,1H3. The van der Waals surface area contributed by atoms with Gasteiger partial charge in [0, 0.05) is 22.9 Å². The number of benzene rings is 2. The quantitative estimate of drug-likeness (QED) is 0.380. The fourth-order valence-corrected chi connectivity index (χ4v) is 4.05. The average molecular weight is 459 g/mol. The van der Waals surface area contributed by atoms with Crippen molar-refractivity contribution in [2.45, 2.75) is 29.7 Å². The lowest BCUT2D eigenvalue weighted by Gasteiger charge is -2.15. The van der Waals surface area contributed by atoms with Crippen LogP contribution in [0.2, 0.25) is 5.02 Å². The molecule has 0 radical (unpaired) electrons. The number of halogens is 1. The van der Waals surface area contributed by atoms with E-state index in [1.807, 2.05) is 24.3 Å². The van der Waals surface area contributed by atoms with Gasteiger partial charge in [-0.05, 0) is 48.6 Å². The molecule has 8 heteroatoms. The monoisotopic (exact) mass is 458 g/mol. The predicted octanol–water partition coefficient (Wildman–Crippen LogP) is 4.34. The van der Waals surface area contributed by atoms with E-state index in [9.17, 15) is 9.90 Å². The number of thioether (sulfide) groups is 1. The van der Waals surface area contributed by atoms with Crippen LogP contribution in [0.15, 0.2) is 64.7 Å². The molecular formula is C23H23ClN2O4S. The Labute approximate surface area is 189 Å². The molecule has 0 saturated heterocycles. The highest BCUT2D eigenvalue weighted by Gasteiger charge is 2.30. The summed E-state index contributed by atoms with van der Waals surface area (Å²) in [5.74, 6) is 2.06. The lowest BCUT2D eigenvalue weighted by molar-refractivity contribution is 0.0880. The van der Waals surface area contributed by atoms with Crippen LogP contribution in [-0.4, -0.2) is 34.5 Å². The van der Waals surface area contributed by atoms with Crippen molar-refractivity contribution in [3.05, 3.63) is 75.8 Å². The molecule has 0 spiro atoms. The van der Waals surface area contributed by atoms with E-state index in [1.54, 1.807) is 25.3 Å². The van der Waals surface area contributed by atoms with E-state index in [-0.39, 0.29) is 12.2 Å². The second kappa shape index (κ2) is 9.77. The summed E-state index contributed by atoms with van der Waals surface area (Å²) in [5, 5.41) is 11.4. The average Bonchev–Trinajstić information content (AvgIpc) is 3.63. The van der Waals surface area contributed by atoms with Crippen molar-refractivity contribution in [3.63, 3.8) is 0 Å². The molecule has 1 fully saturated rings. The molecule has 1 aromatic heterocycles. The molecule has 1 N–H and O–H groups in total. The number of nitrogens with zero attached hydrogens (tertiary/aromatic N) is 2. The normalized spacial score (nSPS) is 14.3. The van der Waals surface area contributed by atoms with Crippen LogP contribution in [0.1, 0.15) is 18.4 Å². The minimum atomic E-state index is -0.464. The van der Waals surface area contributed by atoms with Gasteiger partial charge in [-0.3, -0.25) is 9.36 Å². The molecule has 1 saturated carbocycles. The Kier molecular flexibility index (Phi) is 6.85. The smallest absolute Gasteiger partial charge is 0.258 e. The second-order valence-corrected chi connectivity index (χ2v) is 8.83. The predicted molar refractivity (Wildman–Crippen MR) is 122 cm³/mol. The zero-order chi connectivity index (χ0) is 21.8. The number of hydrogen-bond donors (Lipinski definition) is 1. The molecule has 6 nitrogen and oxygen atoms in total. The molecule has 4 rings (SSSR count). The lowest BCUT2D eigenvalue weighted by atomic mass is 10.2. The topological polar surface area (TPSA) is 73.6 Å². The molecule has 1 heterocycles. The van der Waals surface area contributed by atoms with Crippen molar-refractivity contribution in [1.82, 2.24) is 9.55 Å². The number of aliphatic hydroxyl groups is 1. The van der Waals surface area contributed by atoms with Gasteiger partial charge in [-0.15, -0.1) is 11.8 Å². The summed E-state index contributed by atoms with van der Waals surface area (Å²) in [4.78, 5) is 17.1. The molecule has 1 aliphatic carbocycles. The van der Waals surface area contributed by atoms with Crippen molar-refractivity contribution < 1.29 is 14.6 Å². The Morgan fingerprint density at radius 3 is 2.65 bits per heavy atom. The van der Waals surface area contributed by atoms with E-state index in [2.05, 4.69) is 4.98 Å². The Balaban J connectivity index is 1.45. The van der Waals surface area contributed by atoms with Crippen LogP contribution >= 0.6 is 23.4 Å². The Morgan fingerprint density at radius 1 is 1.19 bits per heavy atom. The van der Waals surface area contributed by atoms with Crippen molar-refractivity contribution in [3.8, 4) is 17.2 Å². The van der Waals surface area contributed by atoms with Crippen LogP contribution in [0.4, 0.5) is 0 Å². The minimum absolute atomic E-state index is 0.187. The van der Waals surface area contributed by atoms with E-state index in [4.69, 9.17) is 21.1 Å². The molecule has 2 aromatic carbocycles. The van der Waals surface area contributed by atoms with Gasteiger partial charge in [0.1, 0.15) is 18.0 Å². The summed E-state index contributed by atoms with van der Waals surface area (Å²) in [6.45, 7) is 0.224. The molecule has 1 atom stereocenters. The molecule has 1 aliphatic rings. The van der Waals surface area contributed by atoms with Gasteiger partial charge < -0.3 is 14.6 Å². The molecule has 0 bridgehead atoms. The number of aliphatic hydroxyl groups excluding tert-OH is 1. The largest absolute Gasteiger partial charge is 0.493 e. The Hall–Kier alpha value is -2.48. The highest BCUT2D eigenvalue weighted by atomic mass is 35.5. The Bertz CT molecular complexity index is 1100. The van der Waals surface area contributed by atoms with E-state index in [0.29, 0.717) is 38.9 Å². The van der Waals surface area contributed by atoms with Crippen molar-refractivity contribution in [1.29, 1.82) is 0 Å². The molecule has 162 valence electrons. The third kappa shape index (κ3) is 5.61. The number of methoxy groups -OCH3 is 1. The molecule has 31 heavy (non-hydrogen) atoms. The fraction of sp³-hybridized carbons (Fsp3) is 0.304. The Morgan fingerprint density at radius 2 is 1.97 bits per heavy atom. The van der Waals surface area contributed by atoms with Crippen LogP contribution in [0.3, 0.4) is 0 Å². The summed E-state index contributed by atoms with van der Waals surface area (Å²) in [6.07, 6.45) is 3.14. The van der Waals surface area contributed by atoms with Gasteiger partial charge >= 0.3 is 0 Å². The highest BCUT2D eigenvalue weighted by Crippen LogP contribution is 2.34. The number of ether oxygens (including phenoxy) is 2. The lowest BCUT2D eigenvalue weighted by Crippen LogP contribution is -2.20. The summed E-state index contributed by atoms with van der Waals surface area (Å²) >= 11 is 7.40. The van der Waals surface area contributed by atoms with E-state index >= 15 is 0 Å². The second-order valence-electron chi connectivity index (χ2n) is 7.40. The van der Waals surface area contributed by atoms with Crippen molar-refractivity contribution in [2.75, 3.05) is 13.7 Å². The van der Waals surface area contributed by atoms with Crippen molar-refractivity contribution in [2.24, 2.45) is 5.92 Å². The van der Waals surface area contributed by atoms with Crippen molar-refractivity contribution >= 4 is 23.4 Å². The van der Waals surface area contributed by atoms with Gasteiger partial charge in [0.2, 0.25) is 0 Å². The maximum atomic E-state index is 12.7. The van der Waals surface area contributed by atoms with Gasteiger partial charge in [0.25, 0.3) is 5.56 Å². The zero-order valence-electron chi connectivity index (χ0n) is 17.0. The van der Waals surface area contributed by atoms with E-state index in [0.717, 1.165) is 18.4 Å². The first kappa shape index (κ1) is 21.7. The van der Waals surface area contributed by atoms with Gasteiger partial charge in [-0.25, -0.2) is 4.98 Å². The number of aromatic nitrogens is 2. The number of hydrogen-bond acceptors (Lipinski definition) is 6. The minimum Gasteiger partial charge on any atom is -0.493 e. The van der Waals surface area contributed by atoms with Gasteiger partial charge in [-0.2, -0.15) is 0 Å². The number of rotatable bonds is 9. The van der Waals surface area contributed by atoms with Gasteiger partial charge in [0.15, 0.2) is 11.5 Å². The molecule has 1 unspecified atom stereocenters. The summed E-state index contributed by atoms with van der Waals surface area (Å²) in [7, 11) is 1.54. The maximum Gasteiger partial charge on any atom is 0.258 e. The third-order valence-electron chi connectivity index (χ3n) is 5.09.